The number of hydrogen-bond acceptors (Lipinski definition) is 3. The minimum absolute atomic E-state index is 0.139. The molecule has 1 saturated heterocycles. The fourth-order valence-corrected chi connectivity index (χ4v) is 3.70. The number of para-hydroxylation sites is 1. The van der Waals surface area contributed by atoms with Crippen LogP contribution in [0.3, 0.4) is 0 Å². The summed E-state index contributed by atoms with van der Waals surface area (Å²) in [5.74, 6) is -0.270. The van der Waals surface area contributed by atoms with Crippen LogP contribution < -0.4 is 5.32 Å². The fourth-order valence-electron chi connectivity index (χ4n) is 3.52. The maximum atomic E-state index is 13.1. The molecule has 2 aromatic heterocycles. The lowest BCUT2D eigenvalue weighted by molar-refractivity contribution is 0.0748. The van der Waals surface area contributed by atoms with Gasteiger partial charge in [-0.15, -0.1) is 0 Å². The van der Waals surface area contributed by atoms with E-state index in [1.54, 1.807) is 40.9 Å². The molecule has 1 N–H and O–H groups in total. The predicted octanol–water partition coefficient (Wildman–Crippen LogP) is 4.26. The van der Waals surface area contributed by atoms with E-state index in [4.69, 9.17) is 11.6 Å². The molecule has 1 fully saturated rings. The van der Waals surface area contributed by atoms with Gasteiger partial charge in [0.15, 0.2) is 5.69 Å². The van der Waals surface area contributed by atoms with Crippen LogP contribution in [0.15, 0.2) is 48.7 Å². The number of nitrogens with zero attached hydrogens (tertiary/aromatic N) is 3. The number of benzene rings is 1. The molecule has 3 aromatic rings. The monoisotopic (exact) mass is 396 g/mol. The molecule has 1 aromatic carbocycles. The molecule has 0 bridgehead atoms. The Labute approximate surface area is 168 Å². The normalized spacial score (nSPS) is 14.7. The second-order valence-electron chi connectivity index (χ2n) is 6.88. The van der Waals surface area contributed by atoms with E-state index in [1.165, 1.54) is 0 Å². The zero-order chi connectivity index (χ0) is 19.5. The van der Waals surface area contributed by atoms with Crippen LogP contribution in [0.1, 0.15) is 46.8 Å². The molecular formula is C21H21ClN4O2. The van der Waals surface area contributed by atoms with Crippen LogP contribution >= 0.6 is 11.6 Å². The summed E-state index contributed by atoms with van der Waals surface area (Å²) in [4.78, 5) is 32.3. The number of amides is 2. The first kappa shape index (κ1) is 18.5. The molecule has 0 radical (unpaired) electrons. The number of anilines is 1. The van der Waals surface area contributed by atoms with Crippen molar-refractivity contribution in [1.29, 1.82) is 0 Å². The van der Waals surface area contributed by atoms with Crippen LogP contribution in [-0.2, 0) is 0 Å². The van der Waals surface area contributed by atoms with Crippen molar-refractivity contribution >= 4 is 34.6 Å². The second-order valence-corrected chi connectivity index (χ2v) is 7.29. The summed E-state index contributed by atoms with van der Waals surface area (Å²) in [7, 11) is 0. The van der Waals surface area contributed by atoms with Crippen LogP contribution in [0, 0.1) is 0 Å². The number of imidazole rings is 1. The molecule has 2 amide bonds. The van der Waals surface area contributed by atoms with Gasteiger partial charge in [0.2, 0.25) is 5.82 Å². The van der Waals surface area contributed by atoms with Gasteiger partial charge in [0.05, 0.1) is 16.2 Å². The molecule has 0 unspecified atom stereocenters. The molecule has 4 rings (SSSR count). The summed E-state index contributed by atoms with van der Waals surface area (Å²) >= 11 is 6.15. The topological polar surface area (TPSA) is 66.7 Å². The average Bonchev–Trinajstić information content (AvgIpc) is 2.89. The number of pyridine rings is 1. The lowest BCUT2D eigenvalue weighted by atomic mass is 10.2. The van der Waals surface area contributed by atoms with Gasteiger partial charge in [-0.2, -0.15) is 0 Å². The van der Waals surface area contributed by atoms with Crippen LogP contribution in [-0.4, -0.2) is 39.2 Å². The summed E-state index contributed by atoms with van der Waals surface area (Å²) in [5, 5.41) is 3.23. The van der Waals surface area contributed by atoms with Gasteiger partial charge in [0.1, 0.15) is 0 Å². The maximum Gasteiger partial charge on any atom is 0.290 e. The Morgan fingerprint density at radius 3 is 2.43 bits per heavy atom. The third kappa shape index (κ3) is 3.60. The van der Waals surface area contributed by atoms with Gasteiger partial charge in [-0.1, -0.05) is 42.6 Å². The van der Waals surface area contributed by atoms with Gasteiger partial charge in [0.25, 0.3) is 11.8 Å². The summed E-state index contributed by atoms with van der Waals surface area (Å²) in [5.41, 5.74) is 1.30. The van der Waals surface area contributed by atoms with Crippen molar-refractivity contribution in [1.82, 2.24) is 14.3 Å². The van der Waals surface area contributed by atoms with Crippen molar-refractivity contribution in [3.05, 3.63) is 65.2 Å². The standard InChI is InChI=1S/C21H21ClN4O2/c22-15-9-3-4-10-16(15)23-20(27)18-17-11-5-8-14-26(17)19(24-18)21(28)25-12-6-1-2-7-13-25/h3-5,8-11,14H,1-2,6-7,12-13H2,(H,23,27). The molecule has 0 aliphatic carbocycles. The van der Waals surface area contributed by atoms with Crippen molar-refractivity contribution in [2.24, 2.45) is 0 Å². The number of rotatable bonds is 3. The van der Waals surface area contributed by atoms with Gasteiger partial charge in [-0.3, -0.25) is 14.0 Å². The number of likely N-dealkylation sites (tertiary alicyclic amines) is 1. The highest BCUT2D eigenvalue weighted by Gasteiger charge is 2.25. The van der Waals surface area contributed by atoms with E-state index in [1.807, 2.05) is 17.0 Å². The predicted molar refractivity (Wildman–Crippen MR) is 109 cm³/mol. The van der Waals surface area contributed by atoms with Crippen LogP contribution in [0.4, 0.5) is 5.69 Å². The van der Waals surface area contributed by atoms with E-state index < -0.39 is 5.91 Å². The lowest BCUT2D eigenvalue weighted by Crippen LogP contribution is -2.33. The summed E-state index contributed by atoms with van der Waals surface area (Å²) in [6, 6.07) is 12.4. The summed E-state index contributed by atoms with van der Waals surface area (Å²) < 4.78 is 1.69. The third-order valence-corrected chi connectivity index (χ3v) is 5.30. The first-order valence-electron chi connectivity index (χ1n) is 9.47. The molecule has 1 aliphatic rings. The number of carbonyl (C=O) groups excluding carboxylic acids is 2. The van der Waals surface area contributed by atoms with E-state index in [-0.39, 0.29) is 17.4 Å². The number of aromatic nitrogens is 2. The van der Waals surface area contributed by atoms with E-state index >= 15 is 0 Å². The summed E-state index contributed by atoms with van der Waals surface area (Å²) in [6.45, 7) is 1.45. The van der Waals surface area contributed by atoms with E-state index in [2.05, 4.69) is 10.3 Å². The Morgan fingerprint density at radius 1 is 0.964 bits per heavy atom. The van der Waals surface area contributed by atoms with Crippen LogP contribution in [0.2, 0.25) is 5.02 Å². The summed E-state index contributed by atoms with van der Waals surface area (Å²) in [6.07, 6.45) is 6.03. The zero-order valence-corrected chi connectivity index (χ0v) is 16.2. The van der Waals surface area contributed by atoms with E-state index in [9.17, 15) is 9.59 Å². The highest BCUT2D eigenvalue weighted by Crippen LogP contribution is 2.23. The van der Waals surface area contributed by atoms with E-state index in [0.717, 1.165) is 38.8 Å². The van der Waals surface area contributed by atoms with Gasteiger partial charge in [-0.05, 0) is 37.1 Å². The smallest absolute Gasteiger partial charge is 0.290 e. The SMILES string of the molecule is O=C(Nc1ccccc1Cl)c1nc(C(=O)N2CCCCCC2)n2ccccc12. The molecule has 0 atom stereocenters. The van der Waals surface area contributed by atoms with Crippen molar-refractivity contribution in [2.75, 3.05) is 18.4 Å². The fraction of sp³-hybridized carbons (Fsp3) is 0.286. The molecule has 3 heterocycles. The highest BCUT2D eigenvalue weighted by atomic mass is 35.5. The van der Waals surface area contributed by atoms with Crippen LogP contribution in [0.5, 0.6) is 0 Å². The Balaban J connectivity index is 1.69. The number of nitrogens with one attached hydrogen (secondary N) is 1. The zero-order valence-electron chi connectivity index (χ0n) is 15.4. The first-order valence-corrected chi connectivity index (χ1v) is 9.85. The van der Waals surface area contributed by atoms with Crippen molar-refractivity contribution < 1.29 is 9.59 Å². The van der Waals surface area contributed by atoms with Gasteiger partial charge in [0, 0.05) is 19.3 Å². The Hall–Kier alpha value is -2.86. The maximum absolute atomic E-state index is 13.1. The molecular weight excluding hydrogens is 376 g/mol. The minimum Gasteiger partial charge on any atom is -0.336 e. The van der Waals surface area contributed by atoms with Crippen LogP contribution in [0.25, 0.3) is 5.52 Å². The molecule has 6 nitrogen and oxygen atoms in total. The largest absolute Gasteiger partial charge is 0.336 e. The lowest BCUT2D eigenvalue weighted by Gasteiger charge is -2.19. The highest BCUT2D eigenvalue weighted by molar-refractivity contribution is 6.34. The van der Waals surface area contributed by atoms with Gasteiger partial charge < -0.3 is 10.2 Å². The van der Waals surface area contributed by atoms with Crippen molar-refractivity contribution in [2.45, 2.75) is 25.7 Å². The number of carbonyl (C=O) groups is 2. The van der Waals surface area contributed by atoms with Gasteiger partial charge >= 0.3 is 0 Å². The molecule has 1 aliphatic heterocycles. The van der Waals surface area contributed by atoms with Crippen molar-refractivity contribution in [3.8, 4) is 0 Å². The quantitative estimate of drug-likeness (QED) is 0.719. The average molecular weight is 397 g/mol. The number of fused-ring (bicyclic) bond motifs is 1. The van der Waals surface area contributed by atoms with E-state index in [0.29, 0.717) is 16.2 Å². The molecule has 144 valence electrons. The molecule has 0 spiro atoms. The van der Waals surface area contributed by atoms with Gasteiger partial charge in [-0.25, -0.2) is 4.98 Å². The number of hydrogen-bond donors (Lipinski definition) is 1. The van der Waals surface area contributed by atoms with Crippen molar-refractivity contribution in [3.63, 3.8) is 0 Å². The molecule has 0 saturated carbocycles. The third-order valence-electron chi connectivity index (χ3n) is 4.97. The Morgan fingerprint density at radius 2 is 1.68 bits per heavy atom. The first-order chi connectivity index (χ1) is 13.6. The second kappa shape index (κ2) is 8.02. The number of halogens is 1. The Kier molecular flexibility index (Phi) is 5.30. The minimum atomic E-state index is -0.397. The Bertz CT molecular complexity index is 1020. The molecule has 7 heteroatoms. The molecule has 28 heavy (non-hydrogen) atoms.